The second-order valence-corrected chi connectivity index (χ2v) is 5.18. The smallest absolute Gasteiger partial charge is 0.342 e. The van der Waals surface area contributed by atoms with Crippen molar-refractivity contribution in [3.05, 3.63) is 35.9 Å². The first-order chi connectivity index (χ1) is 11.0. The molecule has 0 spiro atoms. The maximum absolute atomic E-state index is 12.2. The molecule has 1 amide bonds. The molecule has 2 aromatic rings. The molecule has 0 saturated heterocycles. The van der Waals surface area contributed by atoms with Gasteiger partial charge in [0.15, 0.2) is 6.10 Å². The lowest BCUT2D eigenvalue weighted by Crippen LogP contribution is -2.36. The highest BCUT2D eigenvalue weighted by Crippen LogP contribution is 2.35. The number of benzene rings is 2. The number of carbonyl (C=O) groups is 2. The number of ether oxygens (including phenoxy) is 1. The van der Waals surface area contributed by atoms with E-state index in [1.165, 1.54) is 6.92 Å². The van der Waals surface area contributed by atoms with E-state index in [4.69, 9.17) is 4.74 Å². The van der Waals surface area contributed by atoms with Gasteiger partial charge in [0.2, 0.25) is 0 Å². The number of nitrogens with one attached hydrogen (secondary N) is 1. The highest BCUT2D eigenvalue weighted by molar-refractivity contribution is 6.04. The average Bonchev–Trinajstić information content (AvgIpc) is 2.55. The van der Waals surface area contributed by atoms with Gasteiger partial charge in [0.05, 0.1) is 0 Å². The van der Waals surface area contributed by atoms with Crippen LogP contribution in [0.3, 0.4) is 0 Å². The van der Waals surface area contributed by atoms with Crippen LogP contribution in [0, 0.1) is 0 Å². The van der Waals surface area contributed by atoms with Crippen molar-refractivity contribution in [3.8, 4) is 11.5 Å². The van der Waals surface area contributed by atoms with Gasteiger partial charge in [-0.15, -0.1) is 0 Å². The highest BCUT2D eigenvalue weighted by atomic mass is 16.5. The number of amides is 1. The number of carbonyl (C=O) groups excluding carboxylic acids is 2. The van der Waals surface area contributed by atoms with Gasteiger partial charge in [-0.3, -0.25) is 4.79 Å². The van der Waals surface area contributed by atoms with Crippen molar-refractivity contribution < 1.29 is 24.5 Å². The third kappa shape index (κ3) is 3.53. The minimum Gasteiger partial charge on any atom is -0.507 e. The van der Waals surface area contributed by atoms with E-state index in [1.807, 2.05) is 6.92 Å². The number of aromatic hydroxyl groups is 2. The Morgan fingerprint density at radius 3 is 2.52 bits per heavy atom. The maximum Gasteiger partial charge on any atom is 0.342 e. The standard InChI is InChI=1S/C17H19NO5/c1-3-8-18-16(21)10(2)23-17(22)13-9-14(19)11-6-4-5-7-12(11)15(13)20/h4-7,9-10,19-20H,3,8H2,1-2H3,(H,18,21)/t10-/m1/s1. The maximum atomic E-state index is 12.2. The summed E-state index contributed by atoms with van der Waals surface area (Å²) in [4.78, 5) is 23.9. The Bertz CT molecular complexity index is 741. The van der Waals surface area contributed by atoms with E-state index in [9.17, 15) is 19.8 Å². The van der Waals surface area contributed by atoms with Gasteiger partial charge in [-0.2, -0.15) is 0 Å². The van der Waals surface area contributed by atoms with E-state index < -0.39 is 18.0 Å². The summed E-state index contributed by atoms with van der Waals surface area (Å²) in [5.74, 6) is -1.72. The van der Waals surface area contributed by atoms with E-state index in [0.29, 0.717) is 17.3 Å². The lowest BCUT2D eigenvalue weighted by atomic mass is 10.0. The molecule has 0 bridgehead atoms. The number of phenolic OH excluding ortho intramolecular Hbond substituents is 2. The molecule has 2 aromatic carbocycles. The third-order valence-corrected chi connectivity index (χ3v) is 3.42. The van der Waals surface area contributed by atoms with Crippen molar-refractivity contribution >= 4 is 22.6 Å². The molecule has 6 nitrogen and oxygen atoms in total. The number of esters is 1. The van der Waals surface area contributed by atoms with Crippen molar-refractivity contribution in [1.82, 2.24) is 5.32 Å². The summed E-state index contributed by atoms with van der Waals surface area (Å²) in [5.41, 5.74) is -0.184. The summed E-state index contributed by atoms with van der Waals surface area (Å²) >= 11 is 0. The summed E-state index contributed by atoms with van der Waals surface area (Å²) in [7, 11) is 0. The Balaban J connectivity index is 2.24. The van der Waals surface area contributed by atoms with Gasteiger partial charge >= 0.3 is 5.97 Å². The third-order valence-electron chi connectivity index (χ3n) is 3.42. The molecule has 0 aromatic heterocycles. The van der Waals surface area contributed by atoms with Gasteiger partial charge in [-0.1, -0.05) is 31.2 Å². The molecule has 2 rings (SSSR count). The first kappa shape index (κ1) is 16.6. The van der Waals surface area contributed by atoms with Crippen LogP contribution in [0.5, 0.6) is 11.5 Å². The van der Waals surface area contributed by atoms with Gasteiger partial charge in [0, 0.05) is 17.3 Å². The molecule has 0 heterocycles. The zero-order chi connectivity index (χ0) is 17.0. The Hall–Kier alpha value is -2.76. The molecule has 0 unspecified atom stereocenters. The fraction of sp³-hybridized carbons (Fsp3) is 0.294. The van der Waals surface area contributed by atoms with Crippen LogP contribution in [0.1, 0.15) is 30.6 Å². The largest absolute Gasteiger partial charge is 0.507 e. The summed E-state index contributed by atoms with van der Waals surface area (Å²) in [6.07, 6.45) is -0.229. The van der Waals surface area contributed by atoms with Gasteiger partial charge in [0.25, 0.3) is 5.91 Å². The monoisotopic (exact) mass is 317 g/mol. The van der Waals surface area contributed by atoms with Gasteiger partial charge in [-0.05, 0) is 19.4 Å². The average molecular weight is 317 g/mol. The van der Waals surface area contributed by atoms with Crippen LogP contribution >= 0.6 is 0 Å². The van der Waals surface area contributed by atoms with Crippen molar-refractivity contribution in [2.45, 2.75) is 26.4 Å². The Morgan fingerprint density at radius 2 is 1.87 bits per heavy atom. The lowest BCUT2D eigenvalue weighted by molar-refractivity contribution is -0.129. The molecule has 23 heavy (non-hydrogen) atoms. The zero-order valence-corrected chi connectivity index (χ0v) is 13.0. The first-order valence-corrected chi connectivity index (χ1v) is 7.38. The van der Waals surface area contributed by atoms with Crippen LogP contribution in [-0.4, -0.2) is 34.7 Å². The summed E-state index contributed by atoms with van der Waals surface area (Å²) < 4.78 is 5.06. The van der Waals surface area contributed by atoms with E-state index >= 15 is 0 Å². The van der Waals surface area contributed by atoms with Crippen molar-refractivity contribution in [1.29, 1.82) is 0 Å². The van der Waals surface area contributed by atoms with Crippen molar-refractivity contribution in [3.63, 3.8) is 0 Å². The summed E-state index contributed by atoms with van der Waals surface area (Å²) in [6, 6.07) is 7.73. The van der Waals surface area contributed by atoms with Crippen LogP contribution < -0.4 is 5.32 Å². The van der Waals surface area contributed by atoms with Crippen LogP contribution in [0.25, 0.3) is 10.8 Å². The molecule has 0 saturated carbocycles. The lowest BCUT2D eigenvalue weighted by Gasteiger charge is -2.14. The van der Waals surface area contributed by atoms with E-state index in [2.05, 4.69) is 5.32 Å². The Morgan fingerprint density at radius 1 is 1.22 bits per heavy atom. The molecule has 0 radical (unpaired) electrons. The fourth-order valence-corrected chi connectivity index (χ4v) is 2.17. The molecule has 0 aliphatic rings. The molecule has 122 valence electrons. The molecular weight excluding hydrogens is 298 g/mol. The first-order valence-electron chi connectivity index (χ1n) is 7.38. The predicted octanol–water partition coefficient (Wildman–Crippen LogP) is 2.32. The van der Waals surface area contributed by atoms with Crippen molar-refractivity contribution in [2.24, 2.45) is 0 Å². The molecular formula is C17H19NO5. The van der Waals surface area contributed by atoms with Crippen LogP contribution in [-0.2, 0) is 9.53 Å². The number of phenols is 2. The number of hydrogen-bond donors (Lipinski definition) is 3. The molecule has 0 fully saturated rings. The number of fused-ring (bicyclic) bond motifs is 1. The fourth-order valence-electron chi connectivity index (χ4n) is 2.17. The second kappa shape index (κ2) is 7.00. The highest BCUT2D eigenvalue weighted by Gasteiger charge is 2.22. The van der Waals surface area contributed by atoms with Crippen LogP contribution in [0.4, 0.5) is 0 Å². The van der Waals surface area contributed by atoms with Gasteiger partial charge in [0.1, 0.15) is 17.1 Å². The van der Waals surface area contributed by atoms with Gasteiger partial charge < -0.3 is 20.3 Å². The minimum atomic E-state index is -0.998. The normalized spacial score (nSPS) is 11.9. The number of rotatable bonds is 5. The minimum absolute atomic E-state index is 0.145. The molecule has 6 heteroatoms. The topological polar surface area (TPSA) is 95.9 Å². The molecule has 0 aliphatic carbocycles. The van der Waals surface area contributed by atoms with Crippen LogP contribution in [0.2, 0.25) is 0 Å². The van der Waals surface area contributed by atoms with E-state index in [0.717, 1.165) is 12.5 Å². The second-order valence-electron chi connectivity index (χ2n) is 5.18. The summed E-state index contributed by atoms with van der Waals surface area (Å²) in [5, 5.41) is 23.6. The van der Waals surface area contributed by atoms with E-state index in [1.54, 1.807) is 24.3 Å². The molecule has 3 N–H and O–H groups in total. The molecule has 0 aliphatic heterocycles. The quantitative estimate of drug-likeness (QED) is 0.581. The van der Waals surface area contributed by atoms with Crippen LogP contribution in [0.15, 0.2) is 30.3 Å². The Kier molecular flexibility index (Phi) is 5.05. The number of hydrogen-bond acceptors (Lipinski definition) is 5. The van der Waals surface area contributed by atoms with Crippen molar-refractivity contribution in [2.75, 3.05) is 6.54 Å². The summed E-state index contributed by atoms with van der Waals surface area (Å²) in [6.45, 7) is 3.84. The van der Waals surface area contributed by atoms with E-state index in [-0.39, 0.29) is 17.1 Å². The SMILES string of the molecule is CCCNC(=O)[C@@H](C)OC(=O)c1cc(O)c2ccccc2c1O. The zero-order valence-electron chi connectivity index (χ0n) is 13.0. The Labute approximate surface area is 133 Å². The predicted molar refractivity (Wildman–Crippen MR) is 85.5 cm³/mol. The molecule has 1 atom stereocenters. The van der Waals surface area contributed by atoms with Gasteiger partial charge in [-0.25, -0.2) is 4.79 Å².